The van der Waals surface area contributed by atoms with Gasteiger partial charge in [-0.05, 0) is 25.2 Å². The van der Waals surface area contributed by atoms with Crippen LogP contribution >= 0.6 is 0 Å². The summed E-state index contributed by atoms with van der Waals surface area (Å²) in [5.74, 6) is -0.898. The molecule has 0 saturated heterocycles. The van der Waals surface area contributed by atoms with E-state index in [1.807, 2.05) is 13.8 Å². The number of hydrogen-bond donors (Lipinski definition) is 5. The van der Waals surface area contributed by atoms with Crippen molar-refractivity contribution in [2.75, 3.05) is 46.7 Å². The fourth-order valence-electron chi connectivity index (χ4n) is 2.18. The maximum absolute atomic E-state index is 12.4. The minimum Gasteiger partial charge on any atom is -0.382 e. The van der Waals surface area contributed by atoms with Gasteiger partial charge in [-0.1, -0.05) is 19.3 Å². The van der Waals surface area contributed by atoms with Crippen molar-refractivity contribution in [2.45, 2.75) is 39.2 Å². The number of rotatable bonds is 18. The molecule has 0 aliphatic rings. The Morgan fingerprint density at radius 2 is 1.84 bits per heavy atom. The van der Waals surface area contributed by atoms with Crippen molar-refractivity contribution in [2.24, 2.45) is 5.92 Å². The van der Waals surface area contributed by atoms with Crippen LogP contribution in [0.3, 0.4) is 0 Å². The number of carbonyl (C=O) groups is 2. The lowest BCUT2D eigenvalue weighted by Crippen LogP contribution is -2.47. The molecule has 0 aromatic rings. The van der Waals surface area contributed by atoms with Gasteiger partial charge < -0.3 is 30.2 Å². The van der Waals surface area contributed by atoms with Gasteiger partial charge in [-0.15, -0.1) is 0 Å². The van der Waals surface area contributed by atoms with Crippen molar-refractivity contribution in [3.63, 3.8) is 0 Å². The number of hydrogen-bond acceptors (Lipinski definition) is 8. The summed E-state index contributed by atoms with van der Waals surface area (Å²) in [5.41, 5.74) is 1.68. The van der Waals surface area contributed by atoms with E-state index in [9.17, 15) is 19.7 Å². The highest BCUT2D eigenvalue weighted by molar-refractivity contribution is 5.88. The molecule has 0 rings (SSSR count). The number of nitro groups is 1. The van der Waals surface area contributed by atoms with Crippen LogP contribution in [0.25, 0.3) is 0 Å². The summed E-state index contributed by atoms with van der Waals surface area (Å²) in [4.78, 5) is 34.8. The van der Waals surface area contributed by atoms with Gasteiger partial charge in [-0.25, -0.2) is 10.1 Å². The second kappa shape index (κ2) is 18.3. The number of guanidine groups is 1. The van der Waals surface area contributed by atoms with Crippen molar-refractivity contribution in [3.05, 3.63) is 16.7 Å². The van der Waals surface area contributed by atoms with E-state index < -0.39 is 22.9 Å². The summed E-state index contributed by atoms with van der Waals surface area (Å²) in [6.07, 6.45) is 1.34. The van der Waals surface area contributed by atoms with Gasteiger partial charge in [0.25, 0.3) is 5.96 Å². The third kappa shape index (κ3) is 18.0. The Kier molecular flexibility index (Phi) is 16.8. The first-order chi connectivity index (χ1) is 14.8. The molecule has 0 aromatic carbocycles. The average Bonchev–Trinajstić information content (AvgIpc) is 2.68. The topological polar surface area (TPSA) is 177 Å². The van der Waals surface area contributed by atoms with Crippen LogP contribution in [-0.4, -0.2) is 75.5 Å². The summed E-state index contributed by atoms with van der Waals surface area (Å²) in [7, 11) is 1.57. The van der Waals surface area contributed by atoms with Crippen LogP contribution in [0.15, 0.2) is 0 Å². The van der Waals surface area contributed by atoms with Crippen molar-refractivity contribution in [3.8, 4) is 0 Å². The molecule has 0 aromatic heterocycles. The molecule has 0 aliphatic carbocycles. The lowest BCUT2D eigenvalue weighted by atomic mass is 10.1. The van der Waals surface area contributed by atoms with Gasteiger partial charge in [-0.2, -0.15) is 0 Å². The molecule has 0 spiro atoms. The van der Waals surface area contributed by atoms with E-state index in [4.69, 9.17) is 19.6 Å². The predicted molar refractivity (Wildman–Crippen MR) is 112 cm³/mol. The number of ether oxygens (including phenoxy) is 3. The highest BCUT2D eigenvalue weighted by Crippen LogP contribution is 2.02. The maximum Gasteiger partial charge on any atom is 0.251 e. The lowest BCUT2D eigenvalue weighted by molar-refractivity contribution is -0.525. The van der Waals surface area contributed by atoms with Crippen molar-refractivity contribution in [1.82, 2.24) is 21.4 Å². The Balaban J connectivity index is 4.38. The molecule has 1 atom stereocenters. The van der Waals surface area contributed by atoms with Crippen LogP contribution in [-0.2, 0) is 23.8 Å². The Hall–Kier alpha value is -2.51. The summed E-state index contributed by atoms with van der Waals surface area (Å²) in [5, 5.41) is 24.6. The number of nitrogens with zero attached hydrogens (tertiary/aromatic N) is 1. The fourth-order valence-corrected chi connectivity index (χ4v) is 2.18. The summed E-state index contributed by atoms with van der Waals surface area (Å²) in [6, 6.07) is -0.808. The van der Waals surface area contributed by atoms with Gasteiger partial charge in [0.2, 0.25) is 11.8 Å². The second-order valence-electron chi connectivity index (χ2n) is 6.93. The van der Waals surface area contributed by atoms with Crippen LogP contribution in [0.5, 0.6) is 0 Å². The summed E-state index contributed by atoms with van der Waals surface area (Å²) in [6.45, 7) is 7.12. The quantitative estimate of drug-likeness (QED) is 0.0612. The molecule has 0 unspecified atom stereocenters. The van der Waals surface area contributed by atoms with Gasteiger partial charge in [-0.3, -0.25) is 15.0 Å². The Labute approximate surface area is 182 Å². The molecule has 0 fully saturated rings. The van der Waals surface area contributed by atoms with E-state index in [1.165, 1.54) is 0 Å². The largest absolute Gasteiger partial charge is 0.382 e. The third-order valence-electron chi connectivity index (χ3n) is 3.70. The molecular formula is C18H35N6O7. The highest BCUT2D eigenvalue weighted by Gasteiger charge is 2.20. The zero-order valence-electron chi connectivity index (χ0n) is 18.4. The zero-order valence-corrected chi connectivity index (χ0v) is 18.4. The first-order valence-corrected chi connectivity index (χ1v) is 10.1. The van der Waals surface area contributed by atoms with Crippen molar-refractivity contribution >= 4 is 17.8 Å². The van der Waals surface area contributed by atoms with Crippen LogP contribution < -0.4 is 21.4 Å². The number of methoxy groups -OCH3 is 1. The maximum atomic E-state index is 12.4. The molecule has 0 bridgehead atoms. The minimum absolute atomic E-state index is 0.213. The first kappa shape index (κ1) is 28.5. The molecule has 31 heavy (non-hydrogen) atoms. The van der Waals surface area contributed by atoms with Crippen LogP contribution in [0, 0.1) is 28.0 Å². The van der Waals surface area contributed by atoms with Gasteiger partial charge in [0.1, 0.15) is 12.6 Å². The second-order valence-corrected chi connectivity index (χ2v) is 6.93. The van der Waals surface area contributed by atoms with Gasteiger partial charge >= 0.3 is 0 Å². The Bertz CT molecular complexity index is 547. The number of amides is 2. The van der Waals surface area contributed by atoms with Gasteiger partial charge in [0, 0.05) is 20.2 Å². The molecule has 13 heteroatoms. The average molecular weight is 448 g/mol. The van der Waals surface area contributed by atoms with E-state index in [-0.39, 0.29) is 32.1 Å². The summed E-state index contributed by atoms with van der Waals surface area (Å²) >= 11 is 0. The molecule has 13 nitrogen and oxygen atoms in total. The first-order valence-electron chi connectivity index (χ1n) is 10.1. The molecule has 0 aliphatic heterocycles. The lowest BCUT2D eigenvalue weighted by Gasteiger charge is -2.19. The number of hydrazine groups is 1. The van der Waals surface area contributed by atoms with Crippen LogP contribution in [0.2, 0.25) is 0 Å². The molecule has 0 saturated carbocycles. The van der Waals surface area contributed by atoms with Crippen molar-refractivity contribution < 1.29 is 28.8 Å². The number of carbonyl (C=O) groups excluding carboxylic acids is 2. The van der Waals surface area contributed by atoms with E-state index in [0.29, 0.717) is 38.6 Å². The molecule has 2 amide bonds. The van der Waals surface area contributed by atoms with Gasteiger partial charge in [0.05, 0.1) is 26.4 Å². The summed E-state index contributed by atoms with van der Waals surface area (Å²) < 4.78 is 15.3. The van der Waals surface area contributed by atoms with Gasteiger partial charge in [0.15, 0.2) is 5.03 Å². The van der Waals surface area contributed by atoms with E-state index in [0.717, 1.165) is 0 Å². The Morgan fingerprint density at radius 3 is 2.48 bits per heavy atom. The van der Waals surface area contributed by atoms with E-state index in [1.54, 1.807) is 19.1 Å². The smallest absolute Gasteiger partial charge is 0.251 e. The van der Waals surface area contributed by atoms with Crippen LogP contribution in [0.4, 0.5) is 0 Å². The monoisotopic (exact) mass is 447 g/mol. The highest BCUT2D eigenvalue weighted by atomic mass is 16.7. The standard InChI is InChI=1S/C18H35N6O7/c1-14(2)6-8-20-17(26)15(5-4-7-21-18(19)23-24(27)28)22-16(25)13-31-12-11-30-10-9-29-3/h8,14-15H,4-7,9-13H2,1-3H3,(H,20,26)(H,22,25)(H3,19,21,23)/t15-/m0/s1. The SMILES string of the molecule is COCCOCCOCC(=O)N[C@@H](CCCNC(=N)N[N+](=O)[O-])C(=O)N[CH]CC(C)C. The molecule has 5 N–H and O–H groups in total. The molecular weight excluding hydrogens is 412 g/mol. The Morgan fingerprint density at radius 1 is 1.16 bits per heavy atom. The minimum atomic E-state index is -0.848. The fraction of sp³-hybridized carbons (Fsp3) is 0.778. The molecule has 0 heterocycles. The predicted octanol–water partition coefficient (Wildman–Crippen LogP) is -0.439. The molecule has 1 radical (unpaired) electrons. The van der Waals surface area contributed by atoms with E-state index >= 15 is 0 Å². The van der Waals surface area contributed by atoms with Crippen molar-refractivity contribution in [1.29, 1.82) is 5.41 Å². The van der Waals surface area contributed by atoms with E-state index in [2.05, 4.69) is 16.0 Å². The molecule has 179 valence electrons. The normalized spacial score (nSPS) is 11.6. The third-order valence-corrected chi connectivity index (χ3v) is 3.70. The number of nitrogens with one attached hydrogen (secondary N) is 5. The zero-order chi connectivity index (χ0) is 23.5. The van der Waals surface area contributed by atoms with Crippen LogP contribution in [0.1, 0.15) is 33.1 Å².